The van der Waals surface area contributed by atoms with Crippen LogP contribution < -0.4 is 5.73 Å². The van der Waals surface area contributed by atoms with Crippen molar-refractivity contribution in [1.29, 1.82) is 0 Å². The zero-order valence-corrected chi connectivity index (χ0v) is 9.00. The summed E-state index contributed by atoms with van der Waals surface area (Å²) in [5.41, 5.74) is 5.46. The molecule has 2 aromatic rings. The molecule has 0 aliphatic rings. The Balaban J connectivity index is 2.58. The lowest BCUT2D eigenvalue weighted by Gasteiger charge is -2.28. The third kappa shape index (κ3) is 1.48. The summed E-state index contributed by atoms with van der Waals surface area (Å²) >= 11 is 0. The van der Waals surface area contributed by atoms with Gasteiger partial charge in [0.15, 0.2) is 0 Å². The maximum Gasteiger partial charge on any atom is 0.248 e. The van der Waals surface area contributed by atoms with E-state index in [-0.39, 0.29) is 0 Å². The van der Waals surface area contributed by atoms with Crippen molar-refractivity contribution >= 4 is 5.91 Å². The molecular weight excluding hydrogens is 202 g/mol. The number of amides is 1. The fourth-order valence-corrected chi connectivity index (χ4v) is 1.70. The van der Waals surface area contributed by atoms with Crippen LogP contribution in [0.2, 0.25) is 0 Å². The molecule has 1 aromatic heterocycles. The molecule has 1 heterocycles. The van der Waals surface area contributed by atoms with Gasteiger partial charge in [0.1, 0.15) is 5.54 Å². The maximum atomic E-state index is 11.7. The molecular formula is C12H13N3O. The Labute approximate surface area is 93.7 Å². The number of rotatable bonds is 3. The van der Waals surface area contributed by atoms with E-state index in [0.29, 0.717) is 0 Å². The molecule has 2 rings (SSSR count). The van der Waals surface area contributed by atoms with Gasteiger partial charge in [0, 0.05) is 12.4 Å². The SMILES string of the molecule is CC(C(N)=O)(c1ccccc1)n1ccnc1. The minimum Gasteiger partial charge on any atom is -0.367 e. The highest BCUT2D eigenvalue weighted by Gasteiger charge is 2.34. The van der Waals surface area contributed by atoms with E-state index in [1.54, 1.807) is 30.2 Å². The van der Waals surface area contributed by atoms with Gasteiger partial charge < -0.3 is 10.3 Å². The van der Waals surface area contributed by atoms with Gasteiger partial charge in [0.2, 0.25) is 5.91 Å². The number of carbonyl (C=O) groups is 1. The molecule has 0 fully saturated rings. The average Bonchev–Trinajstić information content (AvgIpc) is 2.82. The molecule has 16 heavy (non-hydrogen) atoms. The molecule has 4 heteroatoms. The van der Waals surface area contributed by atoms with Gasteiger partial charge in [0.25, 0.3) is 0 Å². The molecule has 1 amide bonds. The second-order valence-electron chi connectivity index (χ2n) is 3.77. The largest absolute Gasteiger partial charge is 0.367 e. The van der Waals surface area contributed by atoms with E-state index in [1.165, 1.54) is 0 Å². The van der Waals surface area contributed by atoms with Gasteiger partial charge in [-0.25, -0.2) is 4.98 Å². The zero-order chi connectivity index (χ0) is 11.6. The first-order valence-corrected chi connectivity index (χ1v) is 4.99. The van der Waals surface area contributed by atoms with E-state index in [1.807, 2.05) is 30.3 Å². The summed E-state index contributed by atoms with van der Waals surface area (Å²) in [7, 11) is 0. The smallest absolute Gasteiger partial charge is 0.248 e. The number of nitrogens with two attached hydrogens (primary N) is 1. The third-order valence-electron chi connectivity index (χ3n) is 2.84. The van der Waals surface area contributed by atoms with Crippen LogP contribution in [0.25, 0.3) is 0 Å². The van der Waals surface area contributed by atoms with Crippen molar-refractivity contribution in [3.05, 3.63) is 54.6 Å². The predicted molar refractivity (Wildman–Crippen MR) is 60.6 cm³/mol. The van der Waals surface area contributed by atoms with Crippen LogP contribution in [0.5, 0.6) is 0 Å². The van der Waals surface area contributed by atoms with E-state index >= 15 is 0 Å². The van der Waals surface area contributed by atoms with Crippen LogP contribution in [0.4, 0.5) is 0 Å². The first-order valence-electron chi connectivity index (χ1n) is 4.99. The molecule has 4 nitrogen and oxygen atoms in total. The van der Waals surface area contributed by atoms with Crippen molar-refractivity contribution in [3.8, 4) is 0 Å². The summed E-state index contributed by atoms with van der Waals surface area (Å²) in [5.74, 6) is -0.406. The van der Waals surface area contributed by atoms with Gasteiger partial charge in [-0.1, -0.05) is 30.3 Å². The average molecular weight is 215 g/mol. The van der Waals surface area contributed by atoms with E-state index in [2.05, 4.69) is 4.98 Å². The number of aromatic nitrogens is 2. The Morgan fingerprint density at radius 3 is 2.56 bits per heavy atom. The van der Waals surface area contributed by atoms with E-state index < -0.39 is 11.4 Å². The summed E-state index contributed by atoms with van der Waals surface area (Å²) in [6.45, 7) is 1.78. The molecule has 0 bridgehead atoms. The fraction of sp³-hybridized carbons (Fsp3) is 0.167. The van der Waals surface area contributed by atoms with Crippen LogP contribution in [0.15, 0.2) is 49.1 Å². The molecule has 1 aromatic carbocycles. The van der Waals surface area contributed by atoms with Crippen molar-refractivity contribution in [3.63, 3.8) is 0 Å². The van der Waals surface area contributed by atoms with Crippen molar-refractivity contribution in [2.45, 2.75) is 12.5 Å². The number of carbonyl (C=O) groups excluding carboxylic acids is 1. The molecule has 82 valence electrons. The lowest BCUT2D eigenvalue weighted by Crippen LogP contribution is -2.44. The van der Waals surface area contributed by atoms with Gasteiger partial charge in [-0.2, -0.15) is 0 Å². The van der Waals surface area contributed by atoms with Gasteiger partial charge in [-0.05, 0) is 12.5 Å². The van der Waals surface area contributed by atoms with Crippen molar-refractivity contribution in [2.24, 2.45) is 5.73 Å². The summed E-state index contributed by atoms with van der Waals surface area (Å²) < 4.78 is 1.71. The molecule has 1 atom stereocenters. The minimum absolute atomic E-state index is 0.406. The van der Waals surface area contributed by atoms with E-state index in [0.717, 1.165) is 5.56 Å². The second-order valence-corrected chi connectivity index (χ2v) is 3.77. The van der Waals surface area contributed by atoms with Gasteiger partial charge in [-0.15, -0.1) is 0 Å². The summed E-state index contributed by atoms with van der Waals surface area (Å²) in [6, 6.07) is 9.43. The Hall–Kier alpha value is -2.10. The van der Waals surface area contributed by atoms with Gasteiger partial charge in [-0.3, -0.25) is 4.79 Å². The first kappa shape index (κ1) is 10.4. The Morgan fingerprint density at radius 2 is 2.06 bits per heavy atom. The van der Waals surface area contributed by atoms with Crippen LogP contribution in [-0.2, 0) is 10.3 Å². The molecule has 2 N–H and O–H groups in total. The number of primary amides is 1. The summed E-state index contributed by atoms with van der Waals surface area (Å²) in [5, 5.41) is 0. The third-order valence-corrected chi connectivity index (χ3v) is 2.84. The molecule has 0 saturated carbocycles. The lowest BCUT2D eigenvalue weighted by atomic mass is 9.91. The number of benzene rings is 1. The molecule has 0 saturated heterocycles. The number of nitrogens with zero attached hydrogens (tertiary/aromatic N) is 2. The highest BCUT2D eigenvalue weighted by atomic mass is 16.1. The van der Waals surface area contributed by atoms with Crippen LogP contribution >= 0.6 is 0 Å². The van der Waals surface area contributed by atoms with Crippen LogP contribution in [0.1, 0.15) is 12.5 Å². The molecule has 1 unspecified atom stereocenters. The predicted octanol–water partition coefficient (Wildman–Crippen LogP) is 1.13. The van der Waals surface area contributed by atoms with Crippen LogP contribution in [0.3, 0.4) is 0 Å². The monoisotopic (exact) mass is 215 g/mol. The maximum absolute atomic E-state index is 11.7. The fourth-order valence-electron chi connectivity index (χ4n) is 1.70. The second kappa shape index (κ2) is 3.81. The highest BCUT2D eigenvalue weighted by Crippen LogP contribution is 2.25. The van der Waals surface area contributed by atoms with Crippen molar-refractivity contribution in [2.75, 3.05) is 0 Å². The van der Waals surface area contributed by atoms with Crippen molar-refractivity contribution < 1.29 is 4.79 Å². The van der Waals surface area contributed by atoms with E-state index in [4.69, 9.17) is 5.73 Å². The summed E-state index contributed by atoms with van der Waals surface area (Å²) in [4.78, 5) is 15.6. The molecule has 0 spiro atoms. The van der Waals surface area contributed by atoms with E-state index in [9.17, 15) is 4.79 Å². The zero-order valence-electron chi connectivity index (χ0n) is 9.00. The van der Waals surface area contributed by atoms with Crippen LogP contribution in [-0.4, -0.2) is 15.5 Å². The Bertz CT molecular complexity index is 478. The normalized spacial score (nSPS) is 14.3. The summed E-state index contributed by atoms with van der Waals surface area (Å²) in [6.07, 6.45) is 4.96. The quantitative estimate of drug-likeness (QED) is 0.834. The molecule has 0 radical (unpaired) electrons. The number of imidazole rings is 1. The number of hydrogen-bond acceptors (Lipinski definition) is 2. The topological polar surface area (TPSA) is 60.9 Å². The number of hydrogen-bond donors (Lipinski definition) is 1. The Kier molecular flexibility index (Phi) is 2.48. The minimum atomic E-state index is -0.891. The highest BCUT2D eigenvalue weighted by molar-refractivity contribution is 5.86. The standard InChI is InChI=1S/C12H13N3O/c1-12(11(13)16,15-8-7-14-9-15)10-5-3-2-4-6-10/h2-9H,1H3,(H2,13,16). The van der Waals surface area contributed by atoms with Gasteiger partial charge in [0.05, 0.1) is 6.33 Å². The lowest BCUT2D eigenvalue weighted by molar-refractivity contribution is -0.124. The molecule has 0 aliphatic carbocycles. The van der Waals surface area contributed by atoms with Gasteiger partial charge >= 0.3 is 0 Å². The van der Waals surface area contributed by atoms with Crippen LogP contribution in [0, 0.1) is 0 Å². The van der Waals surface area contributed by atoms with Crippen molar-refractivity contribution in [1.82, 2.24) is 9.55 Å². The Morgan fingerprint density at radius 1 is 1.38 bits per heavy atom. The molecule has 0 aliphatic heterocycles. The first-order chi connectivity index (χ1) is 7.65.